The lowest BCUT2D eigenvalue weighted by atomic mass is 9.93. The van der Waals surface area contributed by atoms with E-state index in [1.807, 2.05) is 52.9 Å². The number of esters is 1. The van der Waals surface area contributed by atoms with Crippen molar-refractivity contribution >= 4 is 82.0 Å². The Hall–Kier alpha value is -4.57. The number of anilines is 1. The zero-order chi connectivity index (χ0) is 52.0. The molecule has 0 aliphatic rings. The molecule has 70 heavy (non-hydrogen) atoms. The molecular formula is C47H70N7O12PS3. The van der Waals surface area contributed by atoms with Crippen LogP contribution < -0.4 is 25.8 Å². The quantitative estimate of drug-likeness (QED) is 0.0139. The molecule has 19 nitrogen and oxygen atoms in total. The lowest BCUT2D eigenvalue weighted by Gasteiger charge is -2.37. The van der Waals surface area contributed by atoms with Crippen LogP contribution in [0.2, 0.25) is 0 Å². The van der Waals surface area contributed by atoms with E-state index in [0.29, 0.717) is 42.0 Å². The molecule has 0 bridgehead atoms. The van der Waals surface area contributed by atoms with E-state index in [9.17, 15) is 48.2 Å². The lowest BCUT2D eigenvalue weighted by molar-refractivity contribution is -0.149. The standard InChI is InChI=1S/C47H70N7O12PS3/c1-9-30(4)43(53-41(57)16-11-10-13-21-48-7)46(59)54(8)37(29(2)3)27-39(65-32(6)55)45-52-36(28-68-45)44(58)50-34(24-31(5)47(60)61)25-33-19-20-38(66-67(62,63)64)35(26-33)51-40(56)17-15-23-69-70-42-18-12-14-22-49-42/h12,14,18-20,22,26,28-31,34,37,39,43,48H,9-11,13,15-17,21,23-25,27H2,1-8H3,(H,50,58)(H,51,56)(H,53,57)(H,60,61)(H2,62,63,64)/t30-,31?,34+,37+,39+,43-/m0/s1. The van der Waals surface area contributed by atoms with Gasteiger partial charge in [-0.05, 0) is 98.2 Å². The number of pyridine rings is 1. The van der Waals surface area contributed by atoms with Gasteiger partial charge in [-0.2, -0.15) is 0 Å². The number of likely N-dealkylation sites (N-methyl/N-ethyl adjacent to an activating group) is 1. The van der Waals surface area contributed by atoms with Gasteiger partial charge in [0.1, 0.15) is 21.8 Å². The molecule has 0 saturated carbocycles. The topological polar surface area (TPSA) is 276 Å². The van der Waals surface area contributed by atoms with Crippen LogP contribution in [-0.4, -0.2) is 110 Å². The number of phosphoric acid groups is 1. The summed E-state index contributed by atoms with van der Waals surface area (Å²) >= 11 is 1.08. The maximum absolute atomic E-state index is 14.2. The fourth-order valence-electron chi connectivity index (χ4n) is 7.39. The van der Waals surface area contributed by atoms with Crippen LogP contribution in [0.4, 0.5) is 5.69 Å². The van der Waals surface area contributed by atoms with Crippen molar-refractivity contribution in [2.24, 2.45) is 17.8 Å². The van der Waals surface area contributed by atoms with Crippen LogP contribution in [0.15, 0.2) is 53.0 Å². The highest BCUT2D eigenvalue weighted by molar-refractivity contribution is 8.76. The molecule has 3 aromatic rings. The highest BCUT2D eigenvalue weighted by atomic mass is 33.1. The molecule has 3 rings (SSSR count). The minimum atomic E-state index is -5.05. The van der Waals surface area contributed by atoms with E-state index in [1.54, 1.807) is 18.1 Å². The Bertz CT molecular complexity index is 2220. The number of carboxylic acids is 1. The smallest absolute Gasteiger partial charge is 0.481 e. The minimum Gasteiger partial charge on any atom is -0.481 e. The summed E-state index contributed by atoms with van der Waals surface area (Å²) in [4.78, 5) is 108. The van der Waals surface area contributed by atoms with Crippen LogP contribution in [0.25, 0.3) is 0 Å². The Morgan fingerprint density at radius 1 is 0.943 bits per heavy atom. The Kier molecular flexibility index (Phi) is 25.9. The first-order chi connectivity index (χ1) is 33.1. The molecule has 0 spiro atoms. The van der Waals surface area contributed by atoms with Gasteiger partial charge in [0.15, 0.2) is 11.9 Å². The van der Waals surface area contributed by atoms with E-state index < -0.39 is 61.7 Å². The number of carbonyl (C=O) groups is 6. The zero-order valence-electron chi connectivity index (χ0n) is 41.2. The second kappa shape index (κ2) is 30.3. The molecule has 0 aliphatic heterocycles. The molecule has 23 heteroatoms. The van der Waals surface area contributed by atoms with Gasteiger partial charge < -0.3 is 40.5 Å². The molecule has 1 unspecified atom stereocenters. The third-order valence-electron chi connectivity index (χ3n) is 11.4. The van der Waals surface area contributed by atoms with E-state index in [4.69, 9.17) is 9.26 Å². The molecule has 0 saturated heterocycles. The molecule has 0 fully saturated rings. The van der Waals surface area contributed by atoms with Crippen molar-refractivity contribution < 1.29 is 57.5 Å². The van der Waals surface area contributed by atoms with Gasteiger partial charge in [-0.15, -0.1) is 11.3 Å². The van der Waals surface area contributed by atoms with Crippen molar-refractivity contribution in [3.63, 3.8) is 0 Å². The fraction of sp³-hybridized carbons (Fsp3) is 0.574. The Morgan fingerprint density at radius 2 is 1.67 bits per heavy atom. The SMILES string of the molecule is CC[C@H](C)[C@H](NC(=O)CCCCCNC)C(=O)N(C)[C@H](C[C@@H](OC(C)=O)c1nc(C(=O)N[C@@H](Cc2ccc(OP(=O)(O)O)c(NC(=O)CCCSSc3ccccn3)c2)CC(C)C(=O)O)cs1)C(C)C. The molecule has 0 aliphatic carbocycles. The average molecular weight is 1050 g/mol. The number of rotatable bonds is 32. The average Bonchev–Trinajstić information content (AvgIpc) is 3.80. The Balaban J connectivity index is 1.81. The van der Waals surface area contributed by atoms with Gasteiger partial charge in [0.05, 0.1) is 11.6 Å². The van der Waals surface area contributed by atoms with Crippen LogP contribution in [-0.2, 0) is 39.7 Å². The third kappa shape index (κ3) is 21.4. The highest BCUT2D eigenvalue weighted by Gasteiger charge is 2.36. The van der Waals surface area contributed by atoms with E-state index in [-0.39, 0.29) is 66.5 Å². The number of aliphatic carboxylic acids is 1. The zero-order valence-corrected chi connectivity index (χ0v) is 44.5. The summed E-state index contributed by atoms with van der Waals surface area (Å²) in [7, 11) is 1.49. The number of nitrogens with one attached hydrogen (secondary N) is 4. The number of amides is 4. The summed E-state index contributed by atoms with van der Waals surface area (Å²) in [6.07, 6.45) is 4.88. The van der Waals surface area contributed by atoms with Gasteiger partial charge in [0.2, 0.25) is 17.7 Å². The summed E-state index contributed by atoms with van der Waals surface area (Å²) in [5.41, 5.74) is 0.411. The first-order valence-corrected chi connectivity index (χ1v) is 28.1. The van der Waals surface area contributed by atoms with E-state index in [2.05, 4.69) is 31.2 Å². The summed E-state index contributed by atoms with van der Waals surface area (Å²) in [5.74, 6) is -4.16. The summed E-state index contributed by atoms with van der Waals surface area (Å²) in [6.45, 7) is 11.3. The van der Waals surface area contributed by atoms with Gasteiger partial charge in [0, 0.05) is 62.6 Å². The maximum Gasteiger partial charge on any atom is 0.524 e. The number of phosphoric ester groups is 1. The highest BCUT2D eigenvalue weighted by Crippen LogP contribution is 2.42. The number of benzene rings is 1. The van der Waals surface area contributed by atoms with Crippen LogP contribution in [0, 0.1) is 17.8 Å². The third-order valence-corrected chi connectivity index (χ3v) is 15.1. The number of thiazole rings is 1. The molecular weight excluding hydrogens is 982 g/mol. The summed E-state index contributed by atoms with van der Waals surface area (Å²) < 4.78 is 22.5. The van der Waals surface area contributed by atoms with Crippen molar-refractivity contribution in [1.82, 2.24) is 30.8 Å². The van der Waals surface area contributed by atoms with Crippen molar-refractivity contribution in [2.45, 2.75) is 135 Å². The Morgan fingerprint density at radius 3 is 2.30 bits per heavy atom. The van der Waals surface area contributed by atoms with Crippen molar-refractivity contribution in [3.8, 4) is 5.75 Å². The van der Waals surface area contributed by atoms with Gasteiger partial charge in [0.25, 0.3) is 5.91 Å². The van der Waals surface area contributed by atoms with E-state index in [1.165, 1.54) is 59.0 Å². The van der Waals surface area contributed by atoms with E-state index in [0.717, 1.165) is 35.7 Å². The molecule has 1 aromatic carbocycles. The number of ether oxygens (including phenoxy) is 1. The monoisotopic (exact) mass is 1050 g/mol. The number of nitrogens with zero attached hydrogens (tertiary/aromatic N) is 3. The summed E-state index contributed by atoms with van der Waals surface area (Å²) in [6, 6.07) is 7.68. The molecule has 388 valence electrons. The predicted molar refractivity (Wildman–Crippen MR) is 272 cm³/mol. The van der Waals surface area contributed by atoms with Gasteiger partial charge in [-0.1, -0.05) is 70.4 Å². The lowest BCUT2D eigenvalue weighted by Crippen LogP contribution is -2.54. The number of carbonyl (C=O) groups excluding carboxylic acids is 5. The van der Waals surface area contributed by atoms with E-state index >= 15 is 0 Å². The number of unbranched alkanes of at least 4 members (excludes halogenated alkanes) is 2. The minimum absolute atomic E-state index is 0.0298. The number of hydrogen-bond donors (Lipinski definition) is 7. The maximum atomic E-state index is 14.2. The van der Waals surface area contributed by atoms with Crippen LogP contribution in [0.1, 0.15) is 126 Å². The summed E-state index contributed by atoms with van der Waals surface area (Å²) in [5, 5.41) is 24.1. The van der Waals surface area contributed by atoms with Crippen molar-refractivity contribution in [1.29, 1.82) is 0 Å². The normalized spacial score (nSPS) is 14.1. The number of aromatic nitrogens is 2. The second-order valence-electron chi connectivity index (χ2n) is 17.5. The number of carboxylic acid groups (broad SMARTS) is 1. The van der Waals surface area contributed by atoms with Gasteiger partial charge in [-0.25, -0.2) is 14.5 Å². The molecule has 0 radical (unpaired) electrons. The molecule has 2 aromatic heterocycles. The molecule has 7 N–H and O–H groups in total. The van der Waals surface area contributed by atoms with Crippen LogP contribution in [0.5, 0.6) is 5.75 Å². The predicted octanol–water partition coefficient (Wildman–Crippen LogP) is 7.41. The van der Waals surface area contributed by atoms with Gasteiger partial charge >= 0.3 is 19.8 Å². The van der Waals surface area contributed by atoms with Crippen LogP contribution in [0.3, 0.4) is 0 Å². The van der Waals surface area contributed by atoms with Crippen molar-refractivity contribution in [3.05, 3.63) is 64.2 Å². The molecule has 6 atom stereocenters. The largest absolute Gasteiger partial charge is 0.524 e. The first-order valence-electron chi connectivity index (χ1n) is 23.4. The molecule has 4 amide bonds. The number of hydrogen-bond acceptors (Lipinski definition) is 15. The second-order valence-corrected chi connectivity index (χ2v) is 22.0. The Labute approximate surface area is 422 Å². The molecule has 2 heterocycles. The van der Waals surface area contributed by atoms with Gasteiger partial charge in [-0.3, -0.25) is 38.6 Å². The first kappa shape index (κ1) is 59.7. The van der Waals surface area contributed by atoms with Crippen LogP contribution >= 0.6 is 40.7 Å². The van der Waals surface area contributed by atoms with Crippen molar-refractivity contribution in [2.75, 3.05) is 31.7 Å². The fourth-order valence-corrected chi connectivity index (χ4v) is 10.6.